The van der Waals surface area contributed by atoms with Crippen LogP contribution in [0.2, 0.25) is 0 Å². The lowest BCUT2D eigenvalue weighted by molar-refractivity contribution is 0.101. The molecule has 0 radical (unpaired) electrons. The lowest BCUT2D eigenvalue weighted by Crippen LogP contribution is -2.40. The average Bonchev–Trinajstić information content (AvgIpc) is 2.66. The highest BCUT2D eigenvalue weighted by molar-refractivity contribution is 7.91. The van der Waals surface area contributed by atoms with Crippen molar-refractivity contribution >= 4 is 32.1 Å². The first-order valence-electron chi connectivity index (χ1n) is 4.90. The van der Waals surface area contributed by atoms with Gasteiger partial charge in [0.1, 0.15) is 5.69 Å². The van der Waals surface area contributed by atoms with Gasteiger partial charge in [0.25, 0.3) is 0 Å². The number of Topliss-reactive ketones (excluding diaryl/α,β-unsaturated/α-hetero) is 1. The molecule has 0 aliphatic carbocycles. The van der Waals surface area contributed by atoms with Gasteiger partial charge in [-0.2, -0.15) is 0 Å². The van der Waals surface area contributed by atoms with Crippen LogP contribution in [0.15, 0.2) is 5.38 Å². The zero-order valence-electron chi connectivity index (χ0n) is 8.84. The first kappa shape index (κ1) is 11.5. The number of hydrogen-bond donors (Lipinski definition) is 0. The van der Waals surface area contributed by atoms with Crippen LogP contribution < -0.4 is 4.90 Å². The van der Waals surface area contributed by atoms with Gasteiger partial charge in [-0.15, -0.1) is 11.3 Å². The van der Waals surface area contributed by atoms with Crippen molar-refractivity contribution < 1.29 is 13.2 Å². The van der Waals surface area contributed by atoms with E-state index in [1.165, 1.54) is 18.3 Å². The number of hydrogen-bond acceptors (Lipinski definition) is 6. The van der Waals surface area contributed by atoms with Crippen LogP contribution in [0, 0.1) is 0 Å². The number of rotatable bonds is 2. The predicted octanol–water partition coefficient (Wildman–Crippen LogP) is 0.581. The predicted molar refractivity (Wildman–Crippen MR) is 63.0 cm³/mol. The molecule has 1 aliphatic heterocycles. The van der Waals surface area contributed by atoms with Gasteiger partial charge in [-0.1, -0.05) is 0 Å². The van der Waals surface area contributed by atoms with Crippen molar-refractivity contribution in [1.29, 1.82) is 0 Å². The molecule has 1 aromatic rings. The van der Waals surface area contributed by atoms with Gasteiger partial charge in [0.2, 0.25) is 0 Å². The van der Waals surface area contributed by atoms with Crippen LogP contribution in [0.4, 0.5) is 5.13 Å². The number of thiazole rings is 1. The first-order valence-corrected chi connectivity index (χ1v) is 7.60. The summed E-state index contributed by atoms with van der Waals surface area (Å²) in [6.07, 6.45) is 0. The van der Waals surface area contributed by atoms with Crippen LogP contribution in [-0.4, -0.2) is 43.8 Å². The van der Waals surface area contributed by atoms with E-state index in [4.69, 9.17) is 0 Å². The van der Waals surface area contributed by atoms with Gasteiger partial charge in [0, 0.05) is 25.4 Å². The summed E-state index contributed by atoms with van der Waals surface area (Å²) in [6, 6.07) is 0. The number of aromatic nitrogens is 1. The van der Waals surface area contributed by atoms with E-state index in [1.54, 1.807) is 5.38 Å². The van der Waals surface area contributed by atoms with E-state index >= 15 is 0 Å². The molecule has 0 spiro atoms. The molecule has 1 aromatic heterocycles. The normalized spacial score (nSPS) is 19.7. The molecule has 5 nitrogen and oxygen atoms in total. The molecule has 0 atom stereocenters. The Bertz CT molecular complexity index is 493. The zero-order chi connectivity index (χ0) is 11.8. The molecule has 0 amide bonds. The first-order chi connectivity index (χ1) is 7.48. The highest BCUT2D eigenvalue weighted by Crippen LogP contribution is 2.22. The summed E-state index contributed by atoms with van der Waals surface area (Å²) in [4.78, 5) is 17.2. The maximum atomic E-state index is 11.2. The van der Waals surface area contributed by atoms with Crippen molar-refractivity contribution in [2.75, 3.05) is 29.5 Å². The minimum Gasteiger partial charge on any atom is -0.346 e. The van der Waals surface area contributed by atoms with E-state index in [9.17, 15) is 13.2 Å². The van der Waals surface area contributed by atoms with E-state index in [-0.39, 0.29) is 17.3 Å². The molecular formula is C9H12N2O3S2. The lowest BCUT2D eigenvalue weighted by Gasteiger charge is -2.25. The smallest absolute Gasteiger partial charge is 0.186 e. The van der Waals surface area contributed by atoms with Gasteiger partial charge >= 0.3 is 0 Å². The summed E-state index contributed by atoms with van der Waals surface area (Å²) in [6.45, 7) is 2.40. The molecular weight excluding hydrogens is 248 g/mol. The Morgan fingerprint density at radius 2 is 2.06 bits per heavy atom. The minimum absolute atomic E-state index is 0.0628. The van der Waals surface area contributed by atoms with E-state index in [0.29, 0.717) is 18.8 Å². The van der Waals surface area contributed by atoms with Gasteiger partial charge in [0.15, 0.2) is 20.8 Å². The second kappa shape index (κ2) is 4.14. The third kappa shape index (κ3) is 2.41. The van der Waals surface area contributed by atoms with Crippen LogP contribution in [-0.2, 0) is 9.84 Å². The lowest BCUT2D eigenvalue weighted by atomic mass is 10.4. The molecule has 7 heteroatoms. The highest BCUT2D eigenvalue weighted by atomic mass is 32.2. The third-order valence-electron chi connectivity index (χ3n) is 2.47. The Balaban J connectivity index is 2.11. The Morgan fingerprint density at radius 3 is 2.56 bits per heavy atom. The SMILES string of the molecule is CC(=O)c1csc(N2CCS(=O)(=O)CC2)n1. The van der Waals surface area contributed by atoms with Crippen LogP contribution in [0.3, 0.4) is 0 Å². The molecule has 1 saturated heterocycles. The fourth-order valence-corrected chi connectivity index (χ4v) is 3.59. The number of carbonyl (C=O) groups excluding carboxylic acids is 1. The standard InChI is InChI=1S/C9H12N2O3S2/c1-7(12)8-6-15-9(10-8)11-2-4-16(13,14)5-3-11/h6H,2-5H2,1H3. The van der Waals surface area contributed by atoms with Gasteiger partial charge in [0.05, 0.1) is 11.5 Å². The fourth-order valence-electron chi connectivity index (χ4n) is 1.47. The summed E-state index contributed by atoms with van der Waals surface area (Å²) >= 11 is 1.38. The maximum absolute atomic E-state index is 11.2. The second-order valence-corrected chi connectivity index (χ2v) is 6.85. The summed E-state index contributed by atoms with van der Waals surface area (Å²) in [7, 11) is -2.86. The summed E-state index contributed by atoms with van der Waals surface area (Å²) in [5.74, 6) is 0.274. The minimum atomic E-state index is -2.86. The van der Waals surface area contributed by atoms with Crippen LogP contribution in [0.25, 0.3) is 0 Å². The van der Waals surface area contributed by atoms with Gasteiger partial charge in [-0.3, -0.25) is 4.79 Å². The van der Waals surface area contributed by atoms with Crippen molar-refractivity contribution in [3.05, 3.63) is 11.1 Å². The quantitative estimate of drug-likeness (QED) is 0.728. The summed E-state index contributed by atoms with van der Waals surface area (Å²) in [5, 5.41) is 2.45. The van der Waals surface area contributed by atoms with Gasteiger partial charge < -0.3 is 4.90 Å². The zero-order valence-corrected chi connectivity index (χ0v) is 10.5. The maximum Gasteiger partial charge on any atom is 0.186 e. The summed E-state index contributed by atoms with van der Waals surface area (Å²) < 4.78 is 22.5. The molecule has 88 valence electrons. The van der Waals surface area contributed by atoms with Crippen LogP contribution in [0.1, 0.15) is 17.4 Å². The molecule has 1 fully saturated rings. The molecule has 16 heavy (non-hydrogen) atoms. The largest absolute Gasteiger partial charge is 0.346 e. The molecule has 2 rings (SSSR count). The van der Waals surface area contributed by atoms with Crippen LogP contribution >= 0.6 is 11.3 Å². The van der Waals surface area contributed by atoms with Gasteiger partial charge in [-0.05, 0) is 0 Å². The highest BCUT2D eigenvalue weighted by Gasteiger charge is 2.23. The fraction of sp³-hybridized carbons (Fsp3) is 0.556. The molecule has 2 heterocycles. The topological polar surface area (TPSA) is 67.3 Å². The number of sulfone groups is 1. The third-order valence-corrected chi connectivity index (χ3v) is 4.98. The van der Waals surface area contributed by atoms with E-state index < -0.39 is 9.84 Å². The number of nitrogens with zero attached hydrogens (tertiary/aromatic N) is 2. The molecule has 1 aliphatic rings. The average molecular weight is 260 g/mol. The van der Waals surface area contributed by atoms with E-state index in [0.717, 1.165) is 5.13 Å². The molecule has 0 N–H and O–H groups in total. The monoisotopic (exact) mass is 260 g/mol. The Kier molecular flexibility index (Phi) is 2.98. The van der Waals surface area contributed by atoms with Crippen molar-refractivity contribution in [1.82, 2.24) is 4.98 Å². The van der Waals surface area contributed by atoms with Crippen molar-refractivity contribution in [3.8, 4) is 0 Å². The molecule has 0 saturated carbocycles. The number of ketones is 1. The van der Waals surface area contributed by atoms with Gasteiger partial charge in [-0.25, -0.2) is 13.4 Å². The summed E-state index contributed by atoms with van der Waals surface area (Å²) in [5.41, 5.74) is 0.452. The molecule has 0 unspecified atom stereocenters. The van der Waals surface area contributed by atoms with Crippen molar-refractivity contribution in [2.45, 2.75) is 6.92 Å². The molecule has 0 bridgehead atoms. The Labute approximate surface area is 98.0 Å². The van der Waals surface area contributed by atoms with E-state index in [2.05, 4.69) is 4.98 Å². The van der Waals surface area contributed by atoms with E-state index in [1.807, 2.05) is 4.90 Å². The van der Waals surface area contributed by atoms with Crippen LogP contribution in [0.5, 0.6) is 0 Å². The second-order valence-electron chi connectivity index (χ2n) is 3.71. The molecule has 0 aromatic carbocycles. The number of carbonyl (C=O) groups is 1. The Morgan fingerprint density at radius 1 is 1.44 bits per heavy atom. The number of anilines is 1. The Hall–Kier alpha value is -0.950. The van der Waals surface area contributed by atoms with Crippen molar-refractivity contribution in [3.63, 3.8) is 0 Å². The van der Waals surface area contributed by atoms with Crippen molar-refractivity contribution in [2.24, 2.45) is 0 Å².